The fourth-order valence-electron chi connectivity index (χ4n) is 2.44. The van der Waals surface area contributed by atoms with Crippen LogP contribution in [0.5, 0.6) is 0 Å². The Balaban J connectivity index is 3.91. The van der Waals surface area contributed by atoms with Gasteiger partial charge in [0, 0.05) is 0 Å². The van der Waals surface area contributed by atoms with Gasteiger partial charge in [0.2, 0.25) is 6.61 Å². The van der Waals surface area contributed by atoms with Gasteiger partial charge in [-0.2, -0.15) is 0 Å². The average molecular weight is 313 g/mol. The molecule has 0 fully saturated rings. The van der Waals surface area contributed by atoms with Gasteiger partial charge in [-0.1, -0.05) is 76.8 Å². The molecule has 0 heterocycles. The van der Waals surface area contributed by atoms with Crippen LogP contribution in [0.3, 0.4) is 0 Å². The quantitative estimate of drug-likeness (QED) is 0.231. The van der Waals surface area contributed by atoms with Gasteiger partial charge in [0.15, 0.2) is 0 Å². The normalized spacial score (nSPS) is 11.6. The lowest BCUT2D eigenvalue weighted by atomic mass is 10.0. The predicted octanol–water partition coefficient (Wildman–Crippen LogP) is 5.55. The third kappa shape index (κ3) is 15.3. The summed E-state index contributed by atoms with van der Waals surface area (Å²) in [7, 11) is 0. The van der Waals surface area contributed by atoms with Crippen molar-refractivity contribution >= 4 is 11.7 Å². The van der Waals surface area contributed by atoms with Crippen LogP contribution in [0.2, 0.25) is 0 Å². The molecule has 0 atom stereocenters. The summed E-state index contributed by atoms with van der Waals surface area (Å²) in [5.74, 6) is -0.967. The second kappa shape index (κ2) is 16.3. The van der Waals surface area contributed by atoms with Crippen molar-refractivity contribution in [1.29, 1.82) is 0 Å². The standard InChI is InChI=1S/C18H35NO3/c1-3-5-7-9-11-13-15-17(19-22-16-18(20)21)14-12-10-8-6-4-2/h3-16H2,1-2H3,(H,20,21)/b19-17+. The maximum Gasteiger partial charge on any atom is 0.344 e. The maximum atomic E-state index is 10.5. The van der Waals surface area contributed by atoms with Gasteiger partial charge >= 0.3 is 5.97 Å². The first-order valence-corrected chi connectivity index (χ1v) is 9.10. The average Bonchev–Trinajstić information content (AvgIpc) is 2.49. The van der Waals surface area contributed by atoms with Crippen molar-refractivity contribution in [3.05, 3.63) is 0 Å². The second-order valence-electron chi connectivity index (χ2n) is 6.01. The van der Waals surface area contributed by atoms with Crippen LogP contribution in [0.15, 0.2) is 5.16 Å². The highest BCUT2D eigenvalue weighted by molar-refractivity contribution is 5.84. The number of oxime groups is 1. The van der Waals surface area contributed by atoms with Crippen molar-refractivity contribution in [2.75, 3.05) is 6.61 Å². The molecule has 0 aliphatic heterocycles. The predicted molar refractivity (Wildman–Crippen MR) is 92.4 cm³/mol. The number of unbranched alkanes of at least 4 members (excludes halogenated alkanes) is 9. The molecule has 0 saturated carbocycles. The summed E-state index contributed by atoms with van der Waals surface area (Å²) in [5.41, 5.74) is 1.04. The van der Waals surface area contributed by atoms with E-state index in [4.69, 9.17) is 9.94 Å². The van der Waals surface area contributed by atoms with Crippen molar-refractivity contribution in [3.63, 3.8) is 0 Å². The second-order valence-corrected chi connectivity index (χ2v) is 6.01. The Morgan fingerprint density at radius 1 is 0.818 bits per heavy atom. The summed E-state index contributed by atoms with van der Waals surface area (Å²) in [4.78, 5) is 15.4. The summed E-state index contributed by atoms with van der Waals surface area (Å²) in [6.07, 6.45) is 15.6. The zero-order valence-corrected chi connectivity index (χ0v) is 14.6. The molecule has 0 unspecified atom stereocenters. The van der Waals surface area contributed by atoms with Gasteiger partial charge in [-0.3, -0.25) is 0 Å². The zero-order valence-electron chi connectivity index (χ0n) is 14.6. The highest BCUT2D eigenvalue weighted by Gasteiger charge is 2.03. The molecule has 0 aromatic heterocycles. The lowest BCUT2D eigenvalue weighted by Crippen LogP contribution is -2.06. The molecule has 0 aliphatic rings. The monoisotopic (exact) mass is 313 g/mol. The Bertz CT molecular complexity index is 290. The highest BCUT2D eigenvalue weighted by Crippen LogP contribution is 2.12. The van der Waals surface area contributed by atoms with Crippen LogP contribution >= 0.6 is 0 Å². The number of carboxylic acid groups (broad SMARTS) is 1. The van der Waals surface area contributed by atoms with Crippen LogP contribution in [0.25, 0.3) is 0 Å². The van der Waals surface area contributed by atoms with Crippen molar-refractivity contribution in [2.45, 2.75) is 97.3 Å². The van der Waals surface area contributed by atoms with E-state index in [9.17, 15) is 4.79 Å². The third-order valence-electron chi connectivity index (χ3n) is 3.77. The summed E-state index contributed by atoms with van der Waals surface area (Å²) < 4.78 is 0. The third-order valence-corrected chi connectivity index (χ3v) is 3.77. The molecule has 22 heavy (non-hydrogen) atoms. The van der Waals surface area contributed by atoms with Crippen LogP contribution in [0.4, 0.5) is 0 Å². The number of hydrogen-bond acceptors (Lipinski definition) is 3. The van der Waals surface area contributed by atoms with Crippen LogP contribution in [0, 0.1) is 0 Å². The summed E-state index contributed by atoms with van der Waals surface area (Å²) in [5, 5.41) is 12.7. The highest BCUT2D eigenvalue weighted by atomic mass is 16.6. The Morgan fingerprint density at radius 2 is 1.27 bits per heavy atom. The number of aliphatic carboxylic acids is 1. The Labute approximate surface area is 136 Å². The van der Waals surface area contributed by atoms with Gasteiger partial charge in [-0.05, 0) is 25.7 Å². The number of nitrogens with zero attached hydrogens (tertiary/aromatic N) is 1. The summed E-state index contributed by atoms with van der Waals surface area (Å²) >= 11 is 0. The first kappa shape index (κ1) is 20.9. The summed E-state index contributed by atoms with van der Waals surface area (Å²) in [6, 6.07) is 0. The maximum absolute atomic E-state index is 10.5. The van der Waals surface area contributed by atoms with Gasteiger partial charge < -0.3 is 9.94 Å². The van der Waals surface area contributed by atoms with E-state index < -0.39 is 5.97 Å². The topological polar surface area (TPSA) is 58.9 Å². The van der Waals surface area contributed by atoms with Gasteiger partial charge in [0.1, 0.15) is 0 Å². The van der Waals surface area contributed by atoms with Gasteiger partial charge in [0.25, 0.3) is 0 Å². The minimum atomic E-state index is -0.967. The van der Waals surface area contributed by atoms with E-state index in [-0.39, 0.29) is 6.61 Å². The molecule has 0 spiro atoms. The molecule has 0 aliphatic carbocycles. The Kier molecular flexibility index (Phi) is 15.5. The molecule has 0 rings (SSSR count). The molecule has 0 aromatic carbocycles. The van der Waals surface area contributed by atoms with E-state index in [2.05, 4.69) is 19.0 Å². The number of hydrogen-bond donors (Lipinski definition) is 1. The first-order chi connectivity index (χ1) is 10.7. The van der Waals surface area contributed by atoms with Crippen molar-refractivity contribution in [3.8, 4) is 0 Å². The van der Waals surface area contributed by atoms with Gasteiger partial charge in [0.05, 0.1) is 5.71 Å². The lowest BCUT2D eigenvalue weighted by molar-refractivity contribution is -0.142. The van der Waals surface area contributed by atoms with Crippen molar-refractivity contribution in [1.82, 2.24) is 0 Å². The SMILES string of the molecule is CCCCCCCC/C(CCCCCCC)=N/OCC(=O)O. The molecule has 0 aromatic rings. The molecule has 130 valence electrons. The van der Waals surface area contributed by atoms with Crippen LogP contribution < -0.4 is 0 Å². The first-order valence-electron chi connectivity index (χ1n) is 9.10. The van der Waals surface area contributed by atoms with Crippen molar-refractivity contribution < 1.29 is 14.7 Å². The van der Waals surface area contributed by atoms with Crippen LogP contribution in [-0.2, 0) is 9.63 Å². The molecule has 0 bridgehead atoms. The molecular formula is C18H35NO3. The fraction of sp³-hybridized carbons (Fsp3) is 0.889. The Morgan fingerprint density at radius 3 is 1.73 bits per heavy atom. The van der Waals surface area contributed by atoms with E-state index >= 15 is 0 Å². The molecular weight excluding hydrogens is 278 g/mol. The van der Waals surface area contributed by atoms with Gasteiger partial charge in [-0.25, -0.2) is 4.79 Å². The number of carbonyl (C=O) groups is 1. The van der Waals surface area contributed by atoms with Crippen molar-refractivity contribution in [2.24, 2.45) is 5.16 Å². The largest absolute Gasteiger partial charge is 0.479 e. The lowest BCUT2D eigenvalue weighted by Gasteiger charge is -2.07. The minimum absolute atomic E-state index is 0.337. The number of rotatable bonds is 16. The van der Waals surface area contributed by atoms with Crippen LogP contribution in [-0.4, -0.2) is 23.4 Å². The molecule has 4 heteroatoms. The Hall–Kier alpha value is -1.06. The molecule has 0 saturated heterocycles. The summed E-state index contributed by atoms with van der Waals surface area (Å²) in [6.45, 7) is 4.10. The molecule has 4 nitrogen and oxygen atoms in total. The minimum Gasteiger partial charge on any atom is -0.479 e. The van der Waals surface area contributed by atoms with E-state index in [0.717, 1.165) is 31.4 Å². The molecule has 1 N–H and O–H groups in total. The van der Waals surface area contributed by atoms with E-state index in [1.165, 1.54) is 57.8 Å². The smallest absolute Gasteiger partial charge is 0.344 e. The molecule has 0 amide bonds. The molecule has 0 radical (unpaired) electrons. The fourth-order valence-corrected chi connectivity index (χ4v) is 2.44. The van der Waals surface area contributed by atoms with Gasteiger partial charge in [-0.15, -0.1) is 0 Å². The number of carboxylic acids is 1. The van der Waals surface area contributed by atoms with Crippen LogP contribution in [0.1, 0.15) is 97.3 Å². The van der Waals surface area contributed by atoms with E-state index in [1.54, 1.807) is 0 Å². The van der Waals surface area contributed by atoms with E-state index in [1.807, 2.05) is 0 Å². The van der Waals surface area contributed by atoms with E-state index in [0.29, 0.717) is 0 Å². The zero-order chi connectivity index (χ0) is 16.5.